The number of fused-ring (bicyclic) bond motifs is 1. The third kappa shape index (κ3) is 3.34. The molecule has 0 saturated carbocycles. The van der Waals surface area contributed by atoms with E-state index in [1.54, 1.807) is 6.07 Å². The van der Waals surface area contributed by atoms with Crippen LogP contribution in [-0.2, 0) is 11.2 Å². The van der Waals surface area contributed by atoms with Crippen molar-refractivity contribution in [3.8, 4) is 0 Å². The first-order valence-electron chi connectivity index (χ1n) is 7.45. The zero-order valence-electron chi connectivity index (χ0n) is 13.3. The molecular weight excluding hydrogens is 340 g/mol. The van der Waals surface area contributed by atoms with E-state index in [0.717, 1.165) is 6.20 Å². The number of nitrogens with zero attached hydrogens (tertiary/aromatic N) is 4. The van der Waals surface area contributed by atoms with Crippen molar-refractivity contribution in [1.82, 2.24) is 19.9 Å². The molecule has 3 heterocycles. The van der Waals surface area contributed by atoms with Crippen LogP contribution in [0.5, 0.6) is 0 Å². The number of nitrogens with two attached hydrogens (primary N) is 2. The molecule has 0 spiro atoms. The molecule has 1 atom stereocenters. The summed E-state index contributed by atoms with van der Waals surface area (Å²) in [4.78, 5) is 38.5. The number of pyridine rings is 2. The Labute approximate surface area is 146 Å². The van der Waals surface area contributed by atoms with Gasteiger partial charge in [-0.1, -0.05) is 0 Å². The quantitative estimate of drug-likeness (QED) is 0.509. The van der Waals surface area contributed by atoms with Gasteiger partial charge in [-0.15, -0.1) is 0 Å². The van der Waals surface area contributed by atoms with Crippen LogP contribution in [0.2, 0.25) is 0 Å². The molecule has 132 valence electrons. The van der Waals surface area contributed by atoms with Crippen molar-refractivity contribution >= 4 is 34.7 Å². The molecule has 26 heavy (non-hydrogen) atoms. The van der Waals surface area contributed by atoms with Crippen LogP contribution in [0.4, 0.5) is 11.8 Å². The molecule has 3 rings (SSSR count). The Morgan fingerprint density at radius 2 is 1.85 bits per heavy atom. The van der Waals surface area contributed by atoms with Crippen LogP contribution in [0, 0.1) is 0 Å². The van der Waals surface area contributed by atoms with E-state index in [1.165, 1.54) is 18.3 Å². The minimum Gasteiger partial charge on any atom is -0.481 e. The summed E-state index contributed by atoms with van der Waals surface area (Å²) in [6.07, 6.45) is 2.69. The first kappa shape index (κ1) is 17.0. The number of anilines is 2. The maximum atomic E-state index is 11.7. The van der Waals surface area contributed by atoms with Crippen LogP contribution in [0.3, 0.4) is 0 Å². The lowest BCUT2D eigenvalue weighted by molar-refractivity contribution is -0.138. The first-order chi connectivity index (χ1) is 12.3. The lowest BCUT2D eigenvalue weighted by Gasteiger charge is -2.12. The van der Waals surface area contributed by atoms with E-state index in [1.807, 2.05) is 0 Å². The third-order valence-electron chi connectivity index (χ3n) is 3.78. The molecule has 0 aliphatic rings. The summed E-state index contributed by atoms with van der Waals surface area (Å²) in [6, 6.07) is 4.35. The number of carboxylic acids is 2. The molecule has 3 aromatic rings. The molecule has 1 unspecified atom stereocenters. The molecule has 10 nitrogen and oxygen atoms in total. The van der Waals surface area contributed by atoms with Gasteiger partial charge in [0.15, 0.2) is 5.65 Å². The van der Waals surface area contributed by atoms with Crippen molar-refractivity contribution in [2.75, 3.05) is 11.5 Å². The van der Waals surface area contributed by atoms with E-state index >= 15 is 0 Å². The zero-order valence-corrected chi connectivity index (χ0v) is 13.3. The highest BCUT2D eigenvalue weighted by atomic mass is 16.4. The lowest BCUT2D eigenvalue weighted by Crippen LogP contribution is -2.16. The second-order valence-corrected chi connectivity index (χ2v) is 5.55. The fourth-order valence-corrected chi connectivity index (χ4v) is 2.50. The van der Waals surface area contributed by atoms with Crippen LogP contribution in [-0.4, -0.2) is 42.1 Å². The molecule has 0 fully saturated rings. The second kappa shape index (κ2) is 6.59. The zero-order chi connectivity index (χ0) is 18.8. The Morgan fingerprint density at radius 3 is 2.46 bits per heavy atom. The number of carboxylic acid groups (broad SMARTS) is 2. The second-order valence-electron chi connectivity index (χ2n) is 5.55. The van der Waals surface area contributed by atoms with Crippen molar-refractivity contribution in [2.24, 2.45) is 0 Å². The molecule has 6 N–H and O–H groups in total. The molecule has 0 aliphatic heterocycles. The van der Waals surface area contributed by atoms with E-state index in [-0.39, 0.29) is 29.4 Å². The average molecular weight is 354 g/mol. The monoisotopic (exact) mass is 354 g/mol. The van der Waals surface area contributed by atoms with Gasteiger partial charge in [-0.25, -0.2) is 9.78 Å². The maximum Gasteiger partial charge on any atom is 0.337 e. The number of nitrogen functional groups attached to an aromatic ring is 2. The Kier molecular flexibility index (Phi) is 4.31. The van der Waals surface area contributed by atoms with Crippen molar-refractivity contribution in [2.45, 2.75) is 12.3 Å². The Bertz CT molecular complexity index is 1010. The minimum absolute atomic E-state index is 0.00128. The number of hydrogen-bond donors (Lipinski definition) is 4. The van der Waals surface area contributed by atoms with Gasteiger partial charge in [-0.3, -0.25) is 9.78 Å². The third-order valence-corrected chi connectivity index (χ3v) is 3.78. The summed E-state index contributed by atoms with van der Waals surface area (Å²) in [6.45, 7) is 0. The molecule has 0 radical (unpaired) electrons. The van der Waals surface area contributed by atoms with Crippen LogP contribution in [0.25, 0.3) is 11.0 Å². The van der Waals surface area contributed by atoms with Crippen LogP contribution in [0.15, 0.2) is 30.6 Å². The summed E-state index contributed by atoms with van der Waals surface area (Å²) >= 11 is 0. The van der Waals surface area contributed by atoms with Crippen LogP contribution < -0.4 is 11.5 Å². The number of aromatic carboxylic acids is 1. The minimum atomic E-state index is -1.13. The molecule has 10 heteroatoms. The van der Waals surface area contributed by atoms with Gasteiger partial charge >= 0.3 is 11.9 Å². The Hall–Kier alpha value is -3.82. The number of carbonyl (C=O) groups is 2. The highest BCUT2D eigenvalue weighted by Gasteiger charge is 2.23. The Morgan fingerprint density at radius 1 is 1.08 bits per heavy atom. The predicted molar refractivity (Wildman–Crippen MR) is 91.4 cm³/mol. The standard InChI is InChI=1S/C16H14N6O4/c17-12-10-4-7(5-20-13(10)22-16(18)21-12)3-9(15(25)26)11-2-1-8(6-19-11)14(23)24/h1-2,4-6,9H,3H2,(H,23,24)(H,25,26)(H4,17,18,20,21,22). The van der Waals surface area contributed by atoms with Gasteiger partial charge in [0.05, 0.1) is 16.6 Å². The van der Waals surface area contributed by atoms with Gasteiger partial charge in [0, 0.05) is 12.4 Å². The molecule has 0 aliphatic carbocycles. The SMILES string of the molecule is Nc1nc(N)c2cc(CC(C(=O)O)c3ccc(C(=O)O)cn3)cnc2n1. The highest BCUT2D eigenvalue weighted by Crippen LogP contribution is 2.23. The van der Waals surface area contributed by atoms with Gasteiger partial charge in [0.2, 0.25) is 5.95 Å². The van der Waals surface area contributed by atoms with Gasteiger partial charge in [-0.05, 0) is 30.2 Å². The highest BCUT2D eigenvalue weighted by molar-refractivity contribution is 5.88. The van der Waals surface area contributed by atoms with Crippen molar-refractivity contribution in [3.63, 3.8) is 0 Å². The van der Waals surface area contributed by atoms with Gasteiger partial charge in [0.1, 0.15) is 11.7 Å². The van der Waals surface area contributed by atoms with E-state index in [0.29, 0.717) is 16.6 Å². The number of aliphatic carboxylic acids is 1. The smallest absolute Gasteiger partial charge is 0.337 e. The first-order valence-corrected chi connectivity index (χ1v) is 7.45. The number of rotatable bonds is 5. The summed E-state index contributed by atoms with van der Waals surface area (Å²) in [5.74, 6) is -3.06. The van der Waals surface area contributed by atoms with E-state index in [2.05, 4.69) is 19.9 Å². The van der Waals surface area contributed by atoms with Crippen LogP contribution >= 0.6 is 0 Å². The molecular formula is C16H14N6O4. The maximum absolute atomic E-state index is 11.7. The average Bonchev–Trinajstić information content (AvgIpc) is 2.59. The van der Waals surface area contributed by atoms with Gasteiger partial charge < -0.3 is 21.7 Å². The summed E-state index contributed by atoms with van der Waals surface area (Å²) in [7, 11) is 0. The molecule has 0 bridgehead atoms. The fourth-order valence-electron chi connectivity index (χ4n) is 2.50. The lowest BCUT2D eigenvalue weighted by atomic mass is 9.96. The van der Waals surface area contributed by atoms with Crippen LogP contribution in [0.1, 0.15) is 27.5 Å². The van der Waals surface area contributed by atoms with Crippen molar-refractivity contribution in [3.05, 3.63) is 47.4 Å². The summed E-state index contributed by atoms with van der Waals surface area (Å²) in [5.41, 5.74) is 12.5. The van der Waals surface area contributed by atoms with E-state index in [4.69, 9.17) is 16.6 Å². The summed E-state index contributed by atoms with van der Waals surface area (Å²) < 4.78 is 0. The van der Waals surface area contributed by atoms with Crippen molar-refractivity contribution in [1.29, 1.82) is 0 Å². The predicted octanol–water partition coefficient (Wildman–Crippen LogP) is 0.693. The fraction of sp³-hybridized carbons (Fsp3) is 0.125. The number of hydrogen-bond acceptors (Lipinski definition) is 8. The van der Waals surface area contributed by atoms with E-state index in [9.17, 15) is 14.7 Å². The normalized spacial score (nSPS) is 12.0. The van der Waals surface area contributed by atoms with Crippen molar-refractivity contribution < 1.29 is 19.8 Å². The van der Waals surface area contributed by atoms with Gasteiger partial charge in [0.25, 0.3) is 0 Å². The number of aromatic nitrogens is 4. The summed E-state index contributed by atoms with van der Waals surface area (Å²) in [5, 5.41) is 18.9. The molecule has 3 aromatic heterocycles. The topological polar surface area (TPSA) is 178 Å². The molecule has 0 amide bonds. The Balaban J connectivity index is 1.94. The molecule has 0 aromatic carbocycles. The molecule has 0 saturated heterocycles. The van der Waals surface area contributed by atoms with E-state index < -0.39 is 17.9 Å². The largest absolute Gasteiger partial charge is 0.481 e. The van der Waals surface area contributed by atoms with Gasteiger partial charge in [-0.2, -0.15) is 9.97 Å².